The van der Waals surface area contributed by atoms with Crippen molar-refractivity contribution >= 4 is 43.2 Å². The molecular weight excluding hydrogens is 320 g/mol. The van der Waals surface area contributed by atoms with Gasteiger partial charge in [-0.25, -0.2) is 4.98 Å². The molecular formula is C15H13BrN2S. The molecule has 1 N–H and O–H groups in total. The second-order valence-corrected chi connectivity index (χ2v) is 6.48. The van der Waals surface area contributed by atoms with E-state index < -0.39 is 0 Å². The number of aryl methyl sites for hydroxylation is 1. The number of anilines is 1. The molecule has 3 rings (SSSR count). The van der Waals surface area contributed by atoms with E-state index in [1.807, 2.05) is 6.07 Å². The molecule has 2 nitrogen and oxygen atoms in total. The number of hydrogen-bond acceptors (Lipinski definition) is 3. The van der Waals surface area contributed by atoms with Gasteiger partial charge in [0.2, 0.25) is 0 Å². The second kappa shape index (κ2) is 5.31. The number of nitrogens with zero attached hydrogens (tertiary/aromatic N) is 1. The van der Waals surface area contributed by atoms with Crippen LogP contribution in [0.5, 0.6) is 0 Å². The predicted molar refractivity (Wildman–Crippen MR) is 85.8 cm³/mol. The van der Waals surface area contributed by atoms with Crippen LogP contribution >= 0.6 is 27.3 Å². The van der Waals surface area contributed by atoms with Gasteiger partial charge in [-0.05, 0) is 42.8 Å². The van der Waals surface area contributed by atoms with Gasteiger partial charge in [0.1, 0.15) is 5.01 Å². The highest BCUT2D eigenvalue weighted by Crippen LogP contribution is 2.23. The molecule has 0 unspecified atom stereocenters. The van der Waals surface area contributed by atoms with Crippen LogP contribution in [0.2, 0.25) is 0 Å². The molecule has 1 aromatic heterocycles. The quantitative estimate of drug-likeness (QED) is 0.731. The highest BCUT2D eigenvalue weighted by Gasteiger charge is 2.03. The molecule has 0 spiro atoms. The van der Waals surface area contributed by atoms with Gasteiger partial charge >= 0.3 is 0 Å². The minimum absolute atomic E-state index is 0.759. The highest BCUT2D eigenvalue weighted by atomic mass is 79.9. The number of halogens is 1. The third kappa shape index (κ3) is 2.96. The van der Waals surface area contributed by atoms with Crippen LogP contribution in [0.3, 0.4) is 0 Å². The molecule has 0 radical (unpaired) electrons. The van der Waals surface area contributed by atoms with Gasteiger partial charge in [-0.1, -0.05) is 28.1 Å². The van der Waals surface area contributed by atoms with Crippen molar-refractivity contribution in [3.8, 4) is 0 Å². The number of nitrogens with one attached hydrogen (secondary N) is 1. The summed E-state index contributed by atoms with van der Waals surface area (Å²) >= 11 is 5.25. The van der Waals surface area contributed by atoms with Crippen molar-refractivity contribution in [3.05, 3.63) is 57.5 Å². The Morgan fingerprint density at radius 1 is 1.21 bits per heavy atom. The zero-order chi connectivity index (χ0) is 13.2. The normalized spacial score (nSPS) is 10.8. The van der Waals surface area contributed by atoms with Gasteiger partial charge < -0.3 is 5.32 Å². The van der Waals surface area contributed by atoms with Crippen molar-refractivity contribution in [2.75, 3.05) is 5.32 Å². The Labute approximate surface area is 124 Å². The Bertz CT molecular complexity index is 668. The molecule has 0 fully saturated rings. The van der Waals surface area contributed by atoms with E-state index in [2.05, 4.69) is 69.6 Å². The fourth-order valence-electron chi connectivity index (χ4n) is 2.01. The van der Waals surface area contributed by atoms with Crippen molar-refractivity contribution in [2.45, 2.75) is 13.5 Å². The lowest BCUT2D eigenvalue weighted by atomic mass is 10.2. The molecule has 0 saturated carbocycles. The molecule has 0 aliphatic rings. The van der Waals surface area contributed by atoms with Crippen LogP contribution in [-0.4, -0.2) is 4.98 Å². The molecule has 4 heteroatoms. The Balaban J connectivity index is 1.78. The Hall–Kier alpha value is -1.39. The minimum Gasteiger partial charge on any atom is -0.378 e. The largest absolute Gasteiger partial charge is 0.378 e. The van der Waals surface area contributed by atoms with Crippen LogP contribution in [0.4, 0.5) is 5.69 Å². The predicted octanol–water partition coefficient (Wildman–Crippen LogP) is 4.98. The number of fused-ring (bicyclic) bond motifs is 1. The smallest absolute Gasteiger partial charge is 0.113 e. The number of aromatic nitrogens is 1. The van der Waals surface area contributed by atoms with E-state index in [-0.39, 0.29) is 0 Å². The van der Waals surface area contributed by atoms with Crippen LogP contribution in [0.15, 0.2) is 46.9 Å². The van der Waals surface area contributed by atoms with Gasteiger partial charge in [-0.3, -0.25) is 0 Å². The molecule has 0 atom stereocenters. The average molecular weight is 333 g/mol. The fourth-order valence-corrected chi connectivity index (χ4v) is 3.53. The zero-order valence-corrected chi connectivity index (χ0v) is 12.9. The standard InChI is InChI=1S/C15H13BrN2S/c1-10-6-11(16)8-12(7-10)17-9-15-18-13-4-2-3-5-14(13)19-15/h2-8,17H,9H2,1H3. The van der Waals surface area contributed by atoms with Crippen molar-refractivity contribution < 1.29 is 0 Å². The highest BCUT2D eigenvalue weighted by molar-refractivity contribution is 9.10. The second-order valence-electron chi connectivity index (χ2n) is 4.45. The Morgan fingerprint density at radius 3 is 2.84 bits per heavy atom. The lowest BCUT2D eigenvalue weighted by Crippen LogP contribution is -1.98. The number of thiazole rings is 1. The van der Waals surface area contributed by atoms with Crippen LogP contribution in [0, 0.1) is 6.92 Å². The minimum atomic E-state index is 0.759. The van der Waals surface area contributed by atoms with Crippen LogP contribution in [-0.2, 0) is 6.54 Å². The van der Waals surface area contributed by atoms with Gasteiger partial charge in [0.25, 0.3) is 0 Å². The first kappa shape index (κ1) is 12.6. The number of hydrogen-bond donors (Lipinski definition) is 1. The first-order valence-corrected chi connectivity index (χ1v) is 7.67. The van der Waals surface area contributed by atoms with Crippen molar-refractivity contribution in [2.24, 2.45) is 0 Å². The van der Waals surface area contributed by atoms with E-state index >= 15 is 0 Å². The van der Waals surface area contributed by atoms with E-state index in [1.54, 1.807) is 11.3 Å². The Kier molecular flexibility index (Phi) is 3.53. The molecule has 0 aliphatic heterocycles. The summed E-state index contributed by atoms with van der Waals surface area (Å²) in [7, 11) is 0. The van der Waals surface area contributed by atoms with Crippen molar-refractivity contribution in [1.82, 2.24) is 4.98 Å². The molecule has 2 aromatic carbocycles. The van der Waals surface area contributed by atoms with Gasteiger partial charge in [-0.15, -0.1) is 11.3 Å². The summed E-state index contributed by atoms with van der Waals surface area (Å²) in [5.74, 6) is 0. The summed E-state index contributed by atoms with van der Waals surface area (Å²) in [5.41, 5.74) is 3.43. The molecule has 0 amide bonds. The van der Waals surface area contributed by atoms with Crippen LogP contribution in [0.1, 0.15) is 10.6 Å². The molecule has 96 valence electrons. The van der Waals surface area contributed by atoms with Gasteiger partial charge in [-0.2, -0.15) is 0 Å². The molecule has 0 bridgehead atoms. The summed E-state index contributed by atoms with van der Waals surface area (Å²) < 4.78 is 2.34. The van der Waals surface area contributed by atoms with Crippen LogP contribution < -0.4 is 5.32 Å². The first-order chi connectivity index (χ1) is 9.20. The Morgan fingerprint density at radius 2 is 2.05 bits per heavy atom. The maximum Gasteiger partial charge on any atom is 0.113 e. The van der Waals surface area contributed by atoms with Gasteiger partial charge in [0.05, 0.1) is 16.8 Å². The third-order valence-corrected chi connectivity index (χ3v) is 4.32. The molecule has 1 heterocycles. The molecule has 3 aromatic rings. The third-order valence-electron chi connectivity index (χ3n) is 2.82. The van der Waals surface area contributed by atoms with E-state index in [1.165, 1.54) is 10.3 Å². The van der Waals surface area contributed by atoms with Crippen molar-refractivity contribution in [3.63, 3.8) is 0 Å². The maximum absolute atomic E-state index is 4.62. The topological polar surface area (TPSA) is 24.9 Å². The summed E-state index contributed by atoms with van der Waals surface area (Å²) in [4.78, 5) is 4.62. The lowest BCUT2D eigenvalue weighted by molar-refractivity contribution is 1.12. The van der Waals surface area contributed by atoms with E-state index in [4.69, 9.17) is 0 Å². The molecule has 19 heavy (non-hydrogen) atoms. The fraction of sp³-hybridized carbons (Fsp3) is 0.133. The monoisotopic (exact) mass is 332 g/mol. The van der Waals surface area contributed by atoms with Gasteiger partial charge in [0, 0.05) is 10.2 Å². The van der Waals surface area contributed by atoms with E-state index in [0.29, 0.717) is 0 Å². The maximum atomic E-state index is 4.62. The van der Waals surface area contributed by atoms with Crippen LogP contribution in [0.25, 0.3) is 10.2 Å². The van der Waals surface area contributed by atoms with Gasteiger partial charge in [0.15, 0.2) is 0 Å². The summed E-state index contributed by atoms with van der Waals surface area (Å²) in [6.45, 7) is 2.85. The van der Waals surface area contributed by atoms with Crippen molar-refractivity contribution in [1.29, 1.82) is 0 Å². The first-order valence-electron chi connectivity index (χ1n) is 6.06. The number of benzene rings is 2. The number of para-hydroxylation sites is 1. The molecule has 0 saturated heterocycles. The zero-order valence-electron chi connectivity index (χ0n) is 10.5. The summed E-state index contributed by atoms with van der Waals surface area (Å²) in [6, 6.07) is 14.6. The van der Waals surface area contributed by atoms with E-state index in [0.717, 1.165) is 27.2 Å². The summed E-state index contributed by atoms with van der Waals surface area (Å²) in [6.07, 6.45) is 0. The molecule has 0 aliphatic carbocycles. The number of rotatable bonds is 3. The lowest BCUT2D eigenvalue weighted by Gasteiger charge is -2.06. The summed E-state index contributed by atoms with van der Waals surface area (Å²) in [5, 5.41) is 4.53. The average Bonchev–Trinajstić information content (AvgIpc) is 2.78. The van der Waals surface area contributed by atoms with E-state index in [9.17, 15) is 0 Å². The SMILES string of the molecule is Cc1cc(Br)cc(NCc2nc3ccccc3s2)c1.